The zero-order valence-electron chi connectivity index (χ0n) is 10.6. The summed E-state index contributed by atoms with van der Waals surface area (Å²) >= 11 is 11.1. The first-order valence-electron chi connectivity index (χ1n) is 5.97. The van der Waals surface area contributed by atoms with Crippen LogP contribution in [0.25, 0.3) is 0 Å². The molecule has 0 radical (unpaired) electrons. The molecule has 19 heavy (non-hydrogen) atoms. The molecule has 0 bridgehead atoms. The molecule has 2 rings (SSSR count). The van der Waals surface area contributed by atoms with Gasteiger partial charge in [-0.1, -0.05) is 24.6 Å². The molecule has 1 nitrogen and oxygen atoms in total. The number of rotatable bonds is 4. The molecule has 0 spiro atoms. The van der Waals surface area contributed by atoms with Crippen LogP contribution in [0, 0.1) is 12.7 Å². The molecule has 1 N–H and O–H groups in total. The molecular formula is C14H14BrClFNS. The van der Waals surface area contributed by atoms with Crippen LogP contribution in [0.15, 0.2) is 28.7 Å². The number of benzene rings is 1. The van der Waals surface area contributed by atoms with Gasteiger partial charge in [0.1, 0.15) is 5.82 Å². The Morgan fingerprint density at radius 3 is 2.68 bits per heavy atom. The summed E-state index contributed by atoms with van der Waals surface area (Å²) in [5, 5.41) is 3.57. The number of hydrogen-bond donors (Lipinski definition) is 1. The van der Waals surface area contributed by atoms with Crippen molar-refractivity contribution in [1.82, 2.24) is 5.32 Å². The van der Waals surface area contributed by atoms with Crippen LogP contribution in [-0.4, -0.2) is 6.54 Å². The molecule has 0 saturated carbocycles. The quantitative estimate of drug-likeness (QED) is 0.777. The highest BCUT2D eigenvalue weighted by Crippen LogP contribution is 2.34. The number of thiophene rings is 1. The molecule has 5 heteroatoms. The maximum atomic E-state index is 13.3. The van der Waals surface area contributed by atoms with Gasteiger partial charge in [-0.15, -0.1) is 11.3 Å². The summed E-state index contributed by atoms with van der Waals surface area (Å²) in [7, 11) is 0. The van der Waals surface area contributed by atoms with Gasteiger partial charge in [0.25, 0.3) is 0 Å². The Morgan fingerprint density at radius 1 is 1.42 bits per heavy atom. The van der Waals surface area contributed by atoms with Gasteiger partial charge in [0.15, 0.2) is 0 Å². The Kier molecular flexibility index (Phi) is 5.01. The first kappa shape index (κ1) is 15.0. The topological polar surface area (TPSA) is 12.0 Å². The molecule has 1 aromatic heterocycles. The number of hydrogen-bond acceptors (Lipinski definition) is 2. The molecule has 0 aliphatic rings. The van der Waals surface area contributed by atoms with E-state index in [9.17, 15) is 4.39 Å². The number of halogens is 3. The predicted molar refractivity (Wildman–Crippen MR) is 83.7 cm³/mol. The fourth-order valence-electron chi connectivity index (χ4n) is 1.90. The van der Waals surface area contributed by atoms with Crippen molar-refractivity contribution in [3.8, 4) is 0 Å². The summed E-state index contributed by atoms with van der Waals surface area (Å²) in [5.41, 5.74) is 0.974. The minimum atomic E-state index is -0.385. The fraction of sp³-hybridized carbons (Fsp3) is 0.286. The Bertz CT molecular complexity index is 565. The van der Waals surface area contributed by atoms with E-state index in [2.05, 4.69) is 34.2 Å². The lowest BCUT2D eigenvalue weighted by molar-refractivity contribution is 0.617. The highest BCUT2D eigenvalue weighted by molar-refractivity contribution is 9.10. The SMILES string of the molecule is CCNC(c1ccc(F)c(Cl)c1)c1cc(Br)c(C)s1. The van der Waals surface area contributed by atoms with E-state index in [-0.39, 0.29) is 16.9 Å². The van der Waals surface area contributed by atoms with Crippen LogP contribution >= 0.6 is 38.9 Å². The van der Waals surface area contributed by atoms with Crippen molar-refractivity contribution >= 4 is 38.9 Å². The van der Waals surface area contributed by atoms with E-state index in [0.29, 0.717) is 0 Å². The van der Waals surface area contributed by atoms with Gasteiger partial charge in [-0.25, -0.2) is 4.39 Å². The fourth-order valence-corrected chi connectivity index (χ4v) is 3.76. The monoisotopic (exact) mass is 361 g/mol. The zero-order chi connectivity index (χ0) is 14.0. The summed E-state index contributed by atoms with van der Waals surface area (Å²) < 4.78 is 14.4. The summed E-state index contributed by atoms with van der Waals surface area (Å²) in [4.78, 5) is 2.42. The summed E-state index contributed by atoms with van der Waals surface area (Å²) in [5.74, 6) is -0.385. The Balaban J connectivity index is 2.41. The normalized spacial score (nSPS) is 12.7. The van der Waals surface area contributed by atoms with Crippen molar-refractivity contribution in [1.29, 1.82) is 0 Å². The molecule has 1 atom stereocenters. The van der Waals surface area contributed by atoms with Gasteiger partial charge in [0, 0.05) is 14.2 Å². The highest BCUT2D eigenvalue weighted by Gasteiger charge is 2.17. The van der Waals surface area contributed by atoms with Crippen LogP contribution in [0.1, 0.15) is 28.3 Å². The molecule has 102 valence electrons. The Labute approximate surface area is 129 Å². The second-order valence-electron chi connectivity index (χ2n) is 4.22. The smallest absolute Gasteiger partial charge is 0.141 e. The van der Waals surface area contributed by atoms with E-state index in [1.807, 2.05) is 6.92 Å². The standard InChI is InChI=1S/C14H14BrClFNS/c1-3-18-14(13-7-10(15)8(2)19-13)9-4-5-12(17)11(16)6-9/h4-7,14,18H,3H2,1-2H3. The van der Waals surface area contributed by atoms with E-state index in [0.717, 1.165) is 16.6 Å². The van der Waals surface area contributed by atoms with Crippen LogP contribution < -0.4 is 5.32 Å². The van der Waals surface area contributed by atoms with Crippen molar-refractivity contribution in [2.45, 2.75) is 19.9 Å². The van der Waals surface area contributed by atoms with Gasteiger partial charge < -0.3 is 5.32 Å². The van der Waals surface area contributed by atoms with Crippen molar-refractivity contribution in [2.75, 3.05) is 6.54 Å². The zero-order valence-corrected chi connectivity index (χ0v) is 13.8. The van der Waals surface area contributed by atoms with Gasteiger partial charge in [0.2, 0.25) is 0 Å². The molecule has 0 aliphatic carbocycles. The van der Waals surface area contributed by atoms with Crippen molar-refractivity contribution in [3.05, 3.63) is 54.9 Å². The molecule has 0 saturated heterocycles. The van der Waals surface area contributed by atoms with Crippen LogP contribution in [0.5, 0.6) is 0 Å². The molecular weight excluding hydrogens is 349 g/mol. The largest absolute Gasteiger partial charge is 0.306 e. The summed E-state index contributed by atoms with van der Waals surface area (Å²) in [6.45, 7) is 4.95. The Hall–Kier alpha value is -0.420. The second kappa shape index (κ2) is 6.35. The third-order valence-electron chi connectivity index (χ3n) is 2.85. The maximum Gasteiger partial charge on any atom is 0.141 e. The lowest BCUT2D eigenvalue weighted by Crippen LogP contribution is -2.21. The molecule has 0 aliphatic heterocycles. The third-order valence-corrected chi connectivity index (χ3v) is 5.34. The van der Waals surface area contributed by atoms with Gasteiger partial charge in [-0.3, -0.25) is 0 Å². The van der Waals surface area contributed by atoms with Crippen LogP contribution in [0.3, 0.4) is 0 Å². The predicted octanol–water partition coefficient (Wildman–Crippen LogP) is 5.31. The van der Waals surface area contributed by atoms with Gasteiger partial charge in [-0.2, -0.15) is 0 Å². The molecule has 1 heterocycles. The minimum absolute atomic E-state index is 0.0399. The third kappa shape index (κ3) is 3.37. The van der Waals surface area contributed by atoms with Gasteiger partial charge in [0.05, 0.1) is 11.1 Å². The van der Waals surface area contributed by atoms with E-state index in [1.54, 1.807) is 23.5 Å². The van der Waals surface area contributed by atoms with E-state index in [4.69, 9.17) is 11.6 Å². The van der Waals surface area contributed by atoms with Crippen LogP contribution in [0.4, 0.5) is 4.39 Å². The summed E-state index contributed by atoms with van der Waals surface area (Å²) in [6, 6.07) is 7.02. The average molecular weight is 363 g/mol. The first-order valence-corrected chi connectivity index (χ1v) is 7.95. The molecule has 1 aromatic carbocycles. The molecule has 2 aromatic rings. The van der Waals surface area contributed by atoms with Crippen LogP contribution in [-0.2, 0) is 0 Å². The van der Waals surface area contributed by atoms with Gasteiger partial charge >= 0.3 is 0 Å². The highest BCUT2D eigenvalue weighted by atomic mass is 79.9. The van der Waals surface area contributed by atoms with E-state index >= 15 is 0 Å². The van der Waals surface area contributed by atoms with Crippen molar-refractivity contribution < 1.29 is 4.39 Å². The minimum Gasteiger partial charge on any atom is -0.306 e. The average Bonchev–Trinajstić information content (AvgIpc) is 2.70. The molecule has 0 fully saturated rings. The number of aryl methyl sites for hydroxylation is 1. The van der Waals surface area contributed by atoms with Gasteiger partial charge in [-0.05, 0) is 53.2 Å². The second-order valence-corrected chi connectivity index (χ2v) is 6.77. The lowest BCUT2D eigenvalue weighted by Gasteiger charge is -2.17. The lowest BCUT2D eigenvalue weighted by atomic mass is 10.1. The maximum absolute atomic E-state index is 13.3. The number of nitrogens with one attached hydrogen (secondary N) is 1. The summed E-state index contributed by atoms with van der Waals surface area (Å²) in [6.07, 6.45) is 0. The van der Waals surface area contributed by atoms with Crippen molar-refractivity contribution in [3.63, 3.8) is 0 Å². The molecule has 0 amide bonds. The van der Waals surface area contributed by atoms with Crippen molar-refractivity contribution in [2.24, 2.45) is 0 Å². The van der Waals surface area contributed by atoms with Crippen LogP contribution in [0.2, 0.25) is 5.02 Å². The Morgan fingerprint density at radius 2 is 2.16 bits per heavy atom. The first-order chi connectivity index (χ1) is 9.02. The molecule has 1 unspecified atom stereocenters. The van der Waals surface area contributed by atoms with E-state index in [1.165, 1.54) is 15.8 Å². The van der Waals surface area contributed by atoms with E-state index < -0.39 is 0 Å².